The Labute approximate surface area is 230 Å². The highest BCUT2D eigenvalue weighted by atomic mass is 35.5. The summed E-state index contributed by atoms with van der Waals surface area (Å²) in [7, 11) is 0. The van der Waals surface area contributed by atoms with E-state index in [0.717, 1.165) is 16.7 Å². The molecule has 39 heavy (non-hydrogen) atoms. The highest BCUT2D eigenvalue weighted by molar-refractivity contribution is 6.34. The lowest BCUT2D eigenvalue weighted by molar-refractivity contribution is -0.122. The van der Waals surface area contributed by atoms with Gasteiger partial charge in [0.15, 0.2) is 11.6 Å². The molecule has 0 bridgehead atoms. The summed E-state index contributed by atoms with van der Waals surface area (Å²) < 4.78 is 0. The van der Waals surface area contributed by atoms with Crippen LogP contribution in [0.1, 0.15) is 43.4 Å². The summed E-state index contributed by atoms with van der Waals surface area (Å²) in [4.78, 5) is 45.4. The van der Waals surface area contributed by atoms with Crippen LogP contribution in [-0.2, 0) is 10.2 Å². The van der Waals surface area contributed by atoms with E-state index in [1.165, 1.54) is 0 Å². The molecule has 7 rings (SSSR count). The standard InChI is InChI=1S/C33H23ClN2O3/c34-25-16-8-6-14-23(25)30(38)28-27(29(37)21-11-2-1-3-12-21)33(24-15-7-9-17-26(24)35-32(33)39)31-22-13-5-4-10-20(22)18-19-36(28)31/h1-19,27-28,31H,(H,35,39)/t27-,28-,31+,33+/m0/s1. The van der Waals surface area contributed by atoms with E-state index in [1.807, 2.05) is 71.8 Å². The number of halogens is 1. The van der Waals surface area contributed by atoms with Gasteiger partial charge in [0.2, 0.25) is 5.91 Å². The molecule has 1 N–H and O–H groups in total. The van der Waals surface area contributed by atoms with E-state index in [9.17, 15) is 14.4 Å². The van der Waals surface area contributed by atoms with Gasteiger partial charge in [0, 0.05) is 23.0 Å². The van der Waals surface area contributed by atoms with Crippen LogP contribution in [0.25, 0.3) is 6.08 Å². The number of rotatable bonds is 4. The van der Waals surface area contributed by atoms with Gasteiger partial charge >= 0.3 is 0 Å². The molecule has 1 amide bonds. The van der Waals surface area contributed by atoms with Crippen molar-refractivity contribution in [3.05, 3.63) is 142 Å². The smallest absolute Gasteiger partial charge is 0.238 e. The van der Waals surface area contributed by atoms with Gasteiger partial charge in [0.1, 0.15) is 11.5 Å². The third kappa shape index (κ3) is 3.23. The number of para-hydroxylation sites is 1. The first-order valence-electron chi connectivity index (χ1n) is 12.9. The van der Waals surface area contributed by atoms with Crippen molar-refractivity contribution in [1.29, 1.82) is 0 Å². The molecule has 0 aliphatic carbocycles. The number of carbonyl (C=O) groups excluding carboxylic acids is 3. The summed E-state index contributed by atoms with van der Waals surface area (Å²) in [6.45, 7) is 0. The first-order chi connectivity index (χ1) is 19.0. The second kappa shape index (κ2) is 8.79. The molecule has 1 spiro atoms. The van der Waals surface area contributed by atoms with Crippen molar-refractivity contribution in [2.24, 2.45) is 5.92 Å². The van der Waals surface area contributed by atoms with Crippen LogP contribution in [0.2, 0.25) is 5.02 Å². The van der Waals surface area contributed by atoms with E-state index in [1.54, 1.807) is 48.5 Å². The Kier molecular flexibility index (Phi) is 5.32. The monoisotopic (exact) mass is 530 g/mol. The molecule has 190 valence electrons. The molecule has 6 heteroatoms. The van der Waals surface area contributed by atoms with Crippen LogP contribution in [0.4, 0.5) is 5.69 Å². The number of fused-ring (bicyclic) bond motifs is 6. The van der Waals surface area contributed by atoms with E-state index in [2.05, 4.69) is 5.32 Å². The molecule has 1 saturated heterocycles. The number of benzene rings is 4. The number of hydrogen-bond donors (Lipinski definition) is 1. The fourth-order valence-corrected chi connectivity index (χ4v) is 7.00. The zero-order chi connectivity index (χ0) is 26.7. The largest absolute Gasteiger partial charge is 0.358 e. The molecule has 4 aromatic carbocycles. The van der Waals surface area contributed by atoms with E-state index < -0.39 is 23.4 Å². The average molecular weight is 531 g/mol. The average Bonchev–Trinajstić information content (AvgIpc) is 3.45. The maximum absolute atomic E-state index is 14.6. The van der Waals surface area contributed by atoms with Crippen LogP contribution < -0.4 is 5.32 Å². The topological polar surface area (TPSA) is 66.5 Å². The molecule has 1 fully saturated rings. The number of hydrogen-bond acceptors (Lipinski definition) is 4. The van der Waals surface area contributed by atoms with Gasteiger partial charge in [-0.25, -0.2) is 0 Å². The van der Waals surface area contributed by atoms with Crippen molar-refractivity contribution in [2.45, 2.75) is 17.5 Å². The van der Waals surface area contributed by atoms with Crippen LogP contribution in [0.5, 0.6) is 0 Å². The summed E-state index contributed by atoms with van der Waals surface area (Å²) in [6, 6.07) is 29.6. The summed E-state index contributed by atoms with van der Waals surface area (Å²) in [6.07, 6.45) is 3.81. The summed E-state index contributed by atoms with van der Waals surface area (Å²) in [5.74, 6) is -1.85. The number of ketones is 2. The molecule has 3 heterocycles. The lowest BCUT2D eigenvalue weighted by atomic mass is 9.62. The number of nitrogens with zero attached hydrogens (tertiary/aromatic N) is 1. The lowest BCUT2D eigenvalue weighted by Gasteiger charge is -2.38. The number of anilines is 1. The number of nitrogens with one attached hydrogen (secondary N) is 1. The van der Waals surface area contributed by atoms with Gasteiger partial charge in [-0.1, -0.05) is 96.5 Å². The van der Waals surface area contributed by atoms with Crippen molar-refractivity contribution >= 4 is 40.8 Å². The first-order valence-corrected chi connectivity index (χ1v) is 13.2. The normalized spacial score (nSPS) is 24.2. The Bertz CT molecular complexity index is 1700. The van der Waals surface area contributed by atoms with Gasteiger partial charge in [-0.15, -0.1) is 0 Å². The fourth-order valence-electron chi connectivity index (χ4n) is 6.77. The molecule has 0 unspecified atom stereocenters. The maximum Gasteiger partial charge on any atom is 0.238 e. The van der Waals surface area contributed by atoms with Crippen molar-refractivity contribution in [2.75, 3.05) is 5.32 Å². The maximum atomic E-state index is 14.6. The molecule has 4 atom stereocenters. The summed E-state index contributed by atoms with van der Waals surface area (Å²) >= 11 is 6.54. The van der Waals surface area contributed by atoms with Crippen LogP contribution in [0.15, 0.2) is 109 Å². The molecular weight excluding hydrogens is 508 g/mol. The molecule has 3 aliphatic heterocycles. The number of amides is 1. The predicted molar refractivity (Wildman–Crippen MR) is 151 cm³/mol. The van der Waals surface area contributed by atoms with Gasteiger partial charge in [-0.3, -0.25) is 14.4 Å². The Morgan fingerprint density at radius 1 is 0.795 bits per heavy atom. The molecular formula is C33H23ClN2O3. The summed E-state index contributed by atoms with van der Waals surface area (Å²) in [5, 5.41) is 3.37. The third-order valence-corrected chi connectivity index (χ3v) is 8.65. The van der Waals surface area contributed by atoms with E-state index in [-0.39, 0.29) is 17.5 Å². The highest BCUT2D eigenvalue weighted by Crippen LogP contribution is 2.62. The van der Waals surface area contributed by atoms with Crippen molar-refractivity contribution < 1.29 is 14.4 Å². The van der Waals surface area contributed by atoms with Gasteiger partial charge in [-0.05, 0) is 41.0 Å². The van der Waals surface area contributed by atoms with Gasteiger partial charge in [0.25, 0.3) is 0 Å². The van der Waals surface area contributed by atoms with Gasteiger partial charge in [-0.2, -0.15) is 0 Å². The van der Waals surface area contributed by atoms with E-state index in [0.29, 0.717) is 21.8 Å². The third-order valence-electron chi connectivity index (χ3n) is 8.32. The Morgan fingerprint density at radius 3 is 2.31 bits per heavy atom. The van der Waals surface area contributed by atoms with Crippen LogP contribution in [-0.4, -0.2) is 28.4 Å². The number of carbonyl (C=O) groups is 3. The molecule has 5 nitrogen and oxygen atoms in total. The fraction of sp³-hybridized carbons (Fsp3) is 0.121. The predicted octanol–water partition coefficient (Wildman–Crippen LogP) is 6.32. The second-order valence-corrected chi connectivity index (χ2v) is 10.6. The van der Waals surface area contributed by atoms with Crippen molar-refractivity contribution in [3.8, 4) is 0 Å². The Balaban J connectivity index is 1.56. The van der Waals surface area contributed by atoms with E-state index in [4.69, 9.17) is 11.6 Å². The van der Waals surface area contributed by atoms with Crippen LogP contribution in [0, 0.1) is 5.92 Å². The summed E-state index contributed by atoms with van der Waals surface area (Å²) in [5.41, 5.74) is 2.65. The Hall–Kier alpha value is -4.48. The molecule has 3 aliphatic rings. The quantitative estimate of drug-likeness (QED) is 0.313. The van der Waals surface area contributed by atoms with Crippen molar-refractivity contribution in [1.82, 2.24) is 4.90 Å². The van der Waals surface area contributed by atoms with Crippen molar-refractivity contribution in [3.63, 3.8) is 0 Å². The van der Waals surface area contributed by atoms with Gasteiger partial charge in [0.05, 0.1) is 17.0 Å². The van der Waals surface area contributed by atoms with Crippen LogP contribution >= 0.6 is 11.6 Å². The first kappa shape index (κ1) is 23.6. The minimum Gasteiger partial charge on any atom is -0.358 e. The lowest BCUT2D eigenvalue weighted by Crippen LogP contribution is -2.49. The molecule has 0 radical (unpaired) electrons. The minimum absolute atomic E-state index is 0.256. The highest BCUT2D eigenvalue weighted by Gasteiger charge is 2.70. The minimum atomic E-state index is -1.36. The zero-order valence-corrected chi connectivity index (χ0v) is 21.5. The van der Waals surface area contributed by atoms with Crippen LogP contribution in [0.3, 0.4) is 0 Å². The van der Waals surface area contributed by atoms with E-state index >= 15 is 0 Å². The van der Waals surface area contributed by atoms with Gasteiger partial charge < -0.3 is 10.2 Å². The molecule has 4 aromatic rings. The zero-order valence-electron chi connectivity index (χ0n) is 20.8. The number of Topliss-reactive ketones (excluding diaryl/α,β-unsaturated/α-hetero) is 2. The second-order valence-electron chi connectivity index (χ2n) is 10.2. The molecule has 0 saturated carbocycles. The Morgan fingerprint density at radius 2 is 1.49 bits per heavy atom. The SMILES string of the molecule is O=C(c1ccccc1Cl)[C@@H]1[C@@H](C(=O)c2ccccc2)[C@@]2(C(=O)Nc3ccccc32)[C@H]2c3ccccc3C=CN12. The molecule has 0 aromatic heterocycles.